The van der Waals surface area contributed by atoms with Gasteiger partial charge in [-0.15, -0.1) is 0 Å². The van der Waals surface area contributed by atoms with Gasteiger partial charge in [0.15, 0.2) is 0 Å². The van der Waals surface area contributed by atoms with E-state index < -0.39 is 10.8 Å². The zero-order valence-electron chi connectivity index (χ0n) is 7.36. The number of nitrogens with zero attached hydrogens (tertiary/aromatic N) is 1. The van der Waals surface area contributed by atoms with Crippen LogP contribution in [0.2, 0.25) is 0 Å². The Kier molecular flexibility index (Phi) is 3.94. The maximum absolute atomic E-state index is 10.1. The van der Waals surface area contributed by atoms with Crippen LogP contribution in [0, 0.1) is 15.5 Å². The average Bonchev–Trinajstić information content (AvgIpc) is 2.66. The molecule has 0 saturated heterocycles. The van der Waals surface area contributed by atoms with Crippen molar-refractivity contribution < 1.29 is 21.9 Å². The van der Waals surface area contributed by atoms with Gasteiger partial charge in [0.25, 0.3) is 0 Å². The molecule has 6 heteroatoms. The normalized spacial score (nSPS) is 15.5. The molecule has 0 aliphatic carbocycles. The molecule has 5 nitrogen and oxygen atoms in total. The van der Waals surface area contributed by atoms with Gasteiger partial charge in [0.05, 0.1) is 0 Å². The number of amidine groups is 1. The molecule has 0 aromatic heterocycles. The molecule has 0 unspecified atom stereocenters. The Morgan fingerprint density at radius 3 is 2.93 bits per heavy atom. The Morgan fingerprint density at radius 1 is 1.71 bits per heavy atom. The number of nitrogens with one attached hydrogen (secondary N) is 2. The predicted octanol–water partition coefficient (Wildman–Crippen LogP) is 0.0454. The van der Waals surface area contributed by atoms with E-state index >= 15 is 0 Å². The Hall–Kier alpha value is -1.04. The molecule has 0 spiro atoms. The fourth-order valence-corrected chi connectivity index (χ4v) is 1.38. The molecule has 1 aliphatic rings. The second-order valence-electron chi connectivity index (χ2n) is 2.72. The van der Waals surface area contributed by atoms with Gasteiger partial charge in [0.2, 0.25) is 0 Å². The molecule has 1 rings (SSSR count). The second kappa shape index (κ2) is 5.00. The second-order valence-corrected chi connectivity index (χ2v) is 3.47. The SMILES string of the molecule is N=C(C=C[C](=[V])C1=CCNC1)[N+](=O)[O-]. The van der Waals surface area contributed by atoms with Crippen molar-refractivity contribution in [2.24, 2.45) is 0 Å². The van der Waals surface area contributed by atoms with Crippen LogP contribution in [-0.4, -0.2) is 28.1 Å². The standard InChI is InChI=1S/C8H9N3O2.V/c9-8(11(12)13)3-1-2-7-4-5-10-6-7;/h1,3-4,9-10H,5-6H2;. The summed E-state index contributed by atoms with van der Waals surface area (Å²) in [7, 11) is 0. The van der Waals surface area contributed by atoms with E-state index in [0.29, 0.717) is 0 Å². The monoisotopic (exact) mass is 230 g/mol. The third-order valence-electron chi connectivity index (χ3n) is 1.73. The van der Waals surface area contributed by atoms with Gasteiger partial charge in [0.1, 0.15) is 0 Å². The first kappa shape index (κ1) is 11.0. The summed E-state index contributed by atoms with van der Waals surface area (Å²) in [6.07, 6.45) is 4.78. The summed E-state index contributed by atoms with van der Waals surface area (Å²) in [4.78, 5) is 9.40. The van der Waals surface area contributed by atoms with Gasteiger partial charge in [0, 0.05) is 0 Å². The van der Waals surface area contributed by atoms with E-state index in [1.807, 2.05) is 6.08 Å². The molecule has 0 aromatic rings. The van der Waals surface area contributed by atoms with Gasteiger partial charge in [-0.2, -0.15) is 0 Å². The topological polar surface area (TPSA) is 79.0 Å². The van der Waals surface area contributed by atoms with Crippen LogP contribution in [0.25, 0.3) is 0 Å². The van der Waals surface area contributed by atoms with E-state index in [1.54, 1.807) is 6.08 Å². The van der Waals surface area contributed by atoms with Crippen molar-refractivity contribution >= 4 is 10.1 Å². The molecular weight excluding hydrogens is 221 g/mol. The third-order valence-corrected chi connectivity index (χ3v) is 2.41. The Labute approximate surface area is 90.0 Å². The molecule has 14 heavy (non-hydrogen) atoms. The number of hydrogen-bond donors (Lipinski definition) is 2. The van der Waals surface area contributed by atoms with Gasteiger partial charge in [-0.25, -0.2) is 0 Å². The number of rotatable bonds is 3. The first-order valence-electron chi connectivity index (χ1n) is 3.98. The summed E-state index contributed by atoms with van der Waals surface area (Å²) in [5.74, 6) is -0.597. The molecule has 0 fully saturated rings. The Bertz CT molecular complexity index is 346. The van der Waals surface area contributed by atoms with Crippen LogP contribution in [0.1, 0.15) is 0 Å². The van der Waals surface area contributed by atoms with Crippen molar-refractivity contribution in [3.63, 3.8) is 0 Å². The van der Waals surface area contributed by atoms with Crippen molar-refractivity contribution in [3.05, 3.63) is 33.9 Å². The fraction of sp³-hybridized carbons (Fsp3) is 0.250. The zero-order chi connectivity index (χ0) is 10.6. The van der Waals surface area contributed by atoms with Gasteiger partial charge in [-0.3, -0.25) is 0 Å². The van der Waals surface area contributed by atoms with Crippen LogP contribution in [0.5, 0.6) is 0 Å². The summed E-state index contributed by atoms with van der Waals surface area (Å²) in [6, 6.07) is 0. The fourth-order valence-electron chi connectivity index (χ4n) is 0.995. The average molecular weight is 230 g/mol. The quantitative estimate of drug-likeness (QED) is 0.311. The molecule has 0 radical (unpaired) electrons. The molecule has 0 bridgehead atoms. The van der Waals surface area contributed by atoms with E-state index in [9.17, 15) is 10.1 Å². The molecule has 1 aliphatic heterocycles. The maximum atomic E-state index is 10.1. The van der Waals surface area contributed by atoms with Gasteiger partial charge in [-0.05, 0) is 0 Å². The van der Waals surface area contributed by atoms with Crippen LogP contribution in [0.4, 0.5) is 0 Å². The first-order chi connectivity index (χ1) is 6.61. The minimum absolute atomic E-state index is 0.597. The number of allylic oxidation sites excluding steroid dienone is 1. The van der Waals surface area contributed by atoms with Crippen LogP contribution in [0.15, 0.2) is 23.8 Å². The van der Waals surface area contributed by atoms with E-state index in [-0.39, 0.29) is 0 Å². The number of hydrogen-bond acceptors (Lipinski definition) is 4. The molecule has 0 atom stereocenters. The molecule has 2 N–H and O–H groups in total. The molecule has 1 heterocycles. The molecule has 0 aromatic carbocycles. The predicted molar refractivity (Wildman–Crippen MR) is 49.8 cm³/mol. The van der Waals surface area contributed by atoms with Gasteiger partial charge >= 0.3 is 89.7 Å². The van der Waals surface area contributed by atoms with Crippen LogP contribution < -0.4 is 5.32 Å². The summed E-state index contributed by atoms with van der Waals surface area (Å²) in [6.45, 7) is 1.61. The van der Waals surface area contributed by atoms with Crippen molar-refractivity contribution in [2.45, 2.75) is 0 Å². The van der Waals surface area contributed by atoms with E-state index in [4.69, 9.17) is 5.41 Å². The summed E-state index contributed by atoms with van der Waals surface area (Å²) in [5, 5.41) is 20.2. The van der Waals surface area contributed by atoms with Crippen molar-refractivity contribution in [2.75, 3.05) is 13.1 Å². The summed E-state index contributed by atoms with van der Waals surface area (Å²) < 4.78 is 0.897. The van der Waals surface area contributed by atoms with Gasteiger partial charge < -0.3 is 0 Å². The summed E-state index contributed by atoms with van der Waals surface area (Å²) >= 11 is 2.35. The van der Waals surface area contributed by atoms with Crippen LogP contribution in [-0.2, 0) is 17.0 Å². The number of nitro groups is 1. The zero-order valence-corrected chi connectivity index (χ0v) is 8.75. The van der Waals surface area contributed by atoms with E-state index in [0.717, 1.165) is 22.9 Å². The van der Waals surface area contributed by atoms with Crippen LogP contribution >= 0.6 is 0 Å². The Morgan fingerprint density at radius 2 is 2.43 bits per heavy atom. The Balaban J connectivity index is 2.56. The van der Waals surface area contributed by atoms with Crippen molar-refractivity contribution in [1.29, 1.82) is 5.41 Å². The minimum atomic E-state index is -0.724. The molecule has 0 amide bonds. The molecule has 0 saturated carbocycles. The van der Waals surface area contributed by atoms with Crippen molar-refractivity contribution in [3.8, 4) is 0 Å². The van der Waals surface area contributed by atoms with Gasteiger partial charge in [-0.1, -0.05) is 0 Å². The third kappa shape index (κ3) is 3.03. The molecule has 73 valence electrons. The molecular formula is C8H9N3O2V. The summed E-state index contributed by atoms with van der Waals surface area (Å²) in [5.41, 5.74) is 1.11. The van der Waals surface area contributed by atoms with E-state index in [2.05, 4.69) is 22.3 Å². The van der Waals surface area contributed by atoms with Crippen molar-refractivity contribution in [1.82, 2.24) is 5.32 Å². The van der Waals surface area contributed by atoms with E-state index in [1.165, 1.54) is 6.08 Å². The first-order valence-corrected chi connectivity index (χ1v) is 4.68. The van der Waals surface area contributed by atoms with Crippen LogP contribution in [0.3, 0.4) is 0 Å².